The Labute approximate surface area is 154 Å². The van der Waals surface area contributed by atoms with E-state index in [2.05, 4.69) is 10.6 Å². The molecule has 0 aliphatic carbocycles. The molecule has 2 amide bonds. The van der Waals surface area contributed by atoms with Gasteiger partial charge < -0.3 is 30.0 Å². The normalized spacial score (nSPS) is 11.8. The highest BCUT2D eigenvalue weighted by atomic mass is 16.5. The Morgan fingerprint density at radius 2 is 1.65 bits per heavy atom. The summed E-state index contributed by atoms with van der Waals surface area (Å²) in [7, 11) is 1.59. The molecule has 9 heteroatoms. The minimum atomic E-state index is -1.08. The van der Waals surface area contributed by atoms with Crippen LogP contribution in [0.2, 0.25) is 0 Å². The summed E-state index contributed by atoms with van der Waals surface area (Å²) >= 11 is 0. The van der Waals surface area contributed by atoms with Gasteiger partial charge in [0.25, 0.3) is 0 Å². The van der Waals surface area contributed by atoms with Crippen LogP contribution in [0.5, 0.6) is 0 Å². The molecule has 0 rings (SSSR count). The summed E-state index contributed by atoms with van der Waals surface area (Å²) in [4.78, 5) is 34.7. The van der Waals surface area contributed by atoms with Crippen molar-refractivity contribution in [3.63, 3.8) is 0 Å². The van der Waals surface area contributed by atoms with E-state index in [4.69, 9.17) is 19.3 Å². The topological polar surface area (TPSA) is 123 Å². The summed E-state index contributed by atoms with van der Waals surface area (Å²) in [5.41, 5.74) is 0. The molecule has 3 N–H and O–H groups in total. The van der Waals surface area contributed by atoms with E-state index in [1.54, 1.807) is 7.11 Å². The highest BCUT2D eigenvalue weighted by Crippen LogP contribution is 2.03. The minimum Gasteiger partial charge on any atom is -0.481 e. The van der Waals surface area contributed by atoms with Gasteiger partial charge in [-0.25, -0.2) is 0 Å². The maximum absolute atomic E-state index is 12.0. The van der Waals surface area contributed by atoms with Crippen molar-refractivity contribution in [2.45, 2.75) is 32.6 Å². The zero-order valence-corrected chi connectivity index (χ0v) is 15.8. The van der Waals surface area contributed by atoms with E-state index in [1.165, 1.54) is 0 Å². The fourth-order valence-corrected chi connectivity index (χ4v) is 1.96. The third kappa shape index (κ3) is 14.6. The maximum atomic E-state index is 12.0. The molecule has 0 fully saturated rings. The number of carbonyl (C=O) groups is 3. The second-order valence-corrected chi connectivity index (χ2v) is 5.71. The van der Waals surface area contributed by atoms with Crippen molar-refractivity contribution < 1.29 is 33.7 Å². The molecule has 0 aromatic rings. The van der Waals surface area contributed by atoms with Crippen LogP contribution in [0.25, 0.3) is 0 Å². The molecule has 0 saturated heterocycles. The maximum Gasteiger partial charge on any atom is 0.304 e. The Balaban J connectivity index is 3.93. The second kappa shape index (κ2) is 16.7. The van der Waals surface area contributed by atoms with Crippen molar-refractivity contribution in [1.29, 1.82) is 0 Å². The number of nitrogens with one attached hydrogen (secondary N) is 2. The molecule has 1 unspecified atom stereocenters. The van der Waals surface area contributed by atoms with Gasteiger partial charge in [-0.15, -0.1) is 0 Å². The first kappa shape index (κ1) is 24.3. The van der Waals surface area contributed by atoms with Gasteiger partial charge in [-0.3, -0.25) is 14.4 Å². The zero-order valence-electron chi connectivity index (χ0n) is 15.8. The average molecular weight is 376 g/mol. The molecule has 26 heavy (non-hydrogen) atoms. The summed E-state index contributed by atoms with van der Waals surface area (Å²) in [5, 5.41) is 14.2. The van der Waals surface area contributed by atoms with Crippen LogP contribution in [0, 0.1) is 5.92 Å². The molecule has 152 valence electrons. The van der Waals surface area contributed by atoms with E-state index in [1.807, 2.05) is 6.92 Å². The van der Waals surface area contributed by atoms with Gasteiger partial charge in [-0.2, -0.15) is 0 Å². The van der Waals surface area contributed by atoms with Gasteiger partial charge in [0.05, 0.1) is 45.4 Å². The molecule has 9 nitrogen and oxygen atoms in total. The average Bonchev–Trinajstić information content (AvgIpc) is 2.60. The van der Waals surface area contributed by atoms with E-state index < -0.39 is 11.9 Å². The van der Waals surface area contributed by atoms with Crippen molar-refractivity contribution in [3.05, 3.63) is 0 Å². The number of carboxylic acids is 1. The van der Waals surface area contributed by atoms with E-state index in [0.29, 0.717) is 33.0 Å². The number of rotatable bonds is 17. The van der Waals surface area contributed by atoms with Crippen LogP contribution in [0.1, 0.15) is 32.6 Å². The van der Waals surface area contributed by atoms with E-state index in [-0.39, 0.29) is 37.8 Å². The van der Waals surface area contributed by atoms with Gasteiger partial charge in [0.1, 0.15) is 0 Å². The molecule has 0 aromatic carbocycles. The number of methoxy groups -OCH3 is 1. The van der Waals surface area contributed by atoms with E-state index in [9.17, 15) is 14.4 Å². The highest BCUT2D eigenvalue weighted by Gasteiger charge is 2.22. The van der Waals surface area contributed by atoms with Crippen molar-refractivity contribution >= 4 is 17.8 Å². The lowest BCUT2D eigenvalue weighted by atomic mass is 10.0. The number of carbonyl (C=O) groups excluding carboxylic acids is 2. The first-order chi connectivity index (χ1) is 12.5. The number of carboxylic acid groups (broad SMARTS) is 1. The van der Waals surface area contributed by atoms with E-state index in [0.717, 1.165) is 12.8 Å². The number of hydrogen-bond donors (Lipinski definition) is 3. The van der Waals surface area contributed by atoms with Crippen molar-refractivity contribution in [3.8, 4) is 0 Å². The second-order valence-electron chi connectivity index (χ2n) is 5.71. The van der Waals surface area contributed by atoms with E-state index >= 15 is 0 Å². The van der Waals surface area contributed by atoms with Gasteiger partial charge in [-0.05, 0) is 6.42 Å². The summed E-state index contributed by atoms with van der Waals surface area (Å²) in [5.74, 6) is -2.51. The molecule has 0 bridgehead atoms. The Bertz CT molecular complexity index is 405. The van der Waals surface area contributed by atoms with Gasteiger partial charge in [-0.1, -0.05) is 13.3 Å². The quantitative estimate of drug-likeness (QED) is 0.309. The Morgan fingerprint density at radius 1 is 1.00 bits per heavy atom. The lowest BCUT2D eigenvalue weighted by molar-refractivity contribution is -0.141. The molecule has 0 aliphatic rings. The minimum absolute atomic E-state index is 0.0107. The largest absolute Gasteiger partial charge is 0.481 e. The summed E-state index contributed by atoms with van der Waals surface area (Å²) in [6, 6.07) is 0. The number of hydrogen-bond acceptors (Lipinski definition) is 6. The predicted octanol–water partition coefficient (Wildman–Crippen LogP) is 0.180. The number of ether oxygens (including phenoxy) is 3. The highest BCUT2D eigenvalue weighted by molar-refractivity contribution is 5.84. The van der Waals surface area contributed by atoms with Gasteiger partial charge >= 0.3 is 5.97 Å². The fourth-order valence-electron chi connectivity index (χ4n) is 1.96. The van der Waals surface area contributed by atoms with Gasteiger partial charge in [0, 0.05) is 26.6 Å². The number of amides is 2. The molecule has 0 aliphatic heterocycles. The summed E-state index contributed by atoms with van der Waals surface area (Å²) in [6.45, 7) is 4.52. The van der Waals surface area contributed by atoms with Crippen LogP contribution in [0.15, 0.2) is 0 Å². The lowest BCUT2D eigenvalue weighted by Gasteiger charge is -2.16. The smallest absolute Gasteiger partial charge is 0.304 e. The van der Waals surface area contributed by atoms with Crippen molar-refractivity contribution in [1.82, 2.24) is 10.6 Å². The summed E-state index contributed by atoms with van der Waals surface area (Å²) < 4.78 is 15.3. The van der Waals surface area contributed by atoms with Crippen molar-refractivity contribution in [2.24, 2.45) is 5.92 Å². The van der Waals surface area contributed by atoms with Crippen LogP contribution >= 0.6 is 0 Å². The Morgan fingerprint density at radius 3 is 2.27 bits per heavy atom. The Kier molecular flexibility index (Phi) is 15.6. The standard InChI is InChI=1S/C17H32N2O7/c1-3-4-6-18-17(23)14(12-16(21)22)13-19-15(20)5-7-25-10-11-26-9-8-24-2/h14H,3-13H2,1-2H3,(H,18,23)(H,19,20)(H,21,22). The lowest BCUT2D eigenvalue weighted by Crippen LogP contribution is -2.40. The Hall–Kier alpha value is -1.71. The molecule has 0 aromatic heterocycles. The number of aliphatic carboxylic acids is 1. The SMILES string of the molecule is CCCCNC(=O)C(CNC(=O)CCOCCOCCOC)CC(=O)O. The third-order valence-corrected chi connectivity index (χ3v) is 3.44. The first-order valence-electron chi connectivity index (χ1n) is 8.91. The molecule has 1 atom stereocenters. The number of unbranched alkanes of at least 4 members (excludes halogenated alkanes) is 1. The zero-order chi connectivity index (χ0) is 19.6. The molecule has 0 spiro atoms. The molecule has 0 radical (unpaired) electrons. The molecular weight excluding hydrogens is 344 g/mol. The monoisotopic (exact) mass is 376 g/mol. The van der Waals surface area contributed by atoms with Crippen LogP contribution in [-0.2, 0) is 28.6 Å². The predicted molar refractivity (Wildman–Crippen MR) is 94.8 cm³/mol. The fraction of sp³-hybridized carbons (Fsp3) is 0.824. The van der Waals surface area contributed by atoms with Crippen LogP contribution in [0.4, 0.5) is 0 Å². The van der Waals surface area contributed by atoms with Crippen molar-refractivity contribution in [2.75, 3.05) is 53.2 Å². The molecule has 0 heterocycles. The molecular formula is C17H32N2O7. The first-order valence-corrected chi connectivity index (χ1v) is 8.91. The van der Waals surface area contributed by atoms with Crippen LogP contribution in [-0.4, -0.2) is 76.1 Å². The van der Waals surface area contributed by atoms with Gasteiger partial charge in [0.2, 0.25) is 11.8 Å². The third-order valence-electron chi connectivity index (χ3n) is 3.44. The van der Waals surface area contributed by atoms with Gasteiger partial charge in [0.15, 0.2) is 0 Å². The van der Waals surface area contributed by atoms with Crippen LogP contribution < -0.4 is 10.6 Å². The molecule has 0 saturated carbocycles. The summed E-state index contributed by atoms with van der Waals surface area (Å²) in [6.07, 6.45) is 1.56. The van der Waals surface area contributed by atoms with Crippen LogP contribution in [0.3, 0.4) is 0 Å².